The van der Waals surface area contributed by atoms with E-state index in [9.17, 15) is 4.79 Å². The average Bonchev–Trinajstić information content (AvgIpc) is 2.51. The quantitative estimate of drug-likeness (QED) is 0.825. The molecule has 0 unspecified atom stereocenters. The van der Waals surface area contributed by atoms with Crippen molar-refractivity contribution in [1.29, 1.82) is 0 Å². The summed E-state index contributed by atoms with van der Waals surface area (Å²) in [7, 11) is 0. The molecule has 0 atom stereocenters. The smallest absolute Gasteiger partial charge is 0.265 e. The summed E-state index contributed by atoms with van der Waals surface area (Å²) in [5.74, 6) is 3.15. The molecule has 0 saturated heterocycles. The molecule has 4 fully saturated rings. The monoisotopic (exact) mass is 312 g/mol. The molecule has 4 aliphatic rings. The van der Waals surface area contributed by atoms with E-state index >= 15 is 0 Å². The van der Waals surface area contributed by atoms with Gasteiger partial charge in [0, 0.05) is 11.1 Å². The Morgan fingerprint density at radius 2 is 1.52 bits per heavy atom. The summed E-state index contributed by atoms with van der Waals surface area (Å²) >= 11 is 0. The minimum absolute atomic E-state index is 0.00366. The van der Waals surface area contributed by atoms with Crippen LogP contribution < -0.4 is 10.9 Å². The lowest BCUT2D eigenvalue weighted by Crippen LogP contribution is -2.62. The topological polar surface area (TPSA) is 41.1 Å². The minimum Gasteiger partial charge on any atom is -0.287 e. The molecule has 3 nitrogen and oxygen atoms in total. The fraction of sp³-hybridized carbons (Fsp3) is 0.650. The highest BCUT2D eigenvalue weighted by Crippen LogP contribution is 2.55. The first kappa shape index (κ1) is 15.2. The molecule has 4 saturated carbocycles. The molecule has 3 heteroatoms. The van der Waals surface area contributed by atoms with Crippen molar-refractivity contribution in [3.63, 3.8) is 0 Å². The van der Waals surface area contributed by atoms with Gasteiger partial charge in [-0.25, -0.2) is 5.43 Å². The first-order valence-corrected chi connectivity index (χ1v) is 9.20. The lowest BCUT2D eigenvalue weighted by molar-refractivity contribution is -0.0257. The summed E-state index contributed by atoms with van der Waals surface area (Å²) in [6.45, 7) is 4.34. The Labute approximate surface area is 139 Å². The molecule has 1 aromatic carbocycles. The molecule has 5 rings (SSSR count). The summed E-state index contributed by atoms with van der Waals surface area (Å²) in [4.78, 5) is 12.4. The number of nitrogens with one attached hydrogen (secondary N) is 2. The lowest BCUT2D eigenvalue weighted by Gasteiger charge is -2.56. The third-order valence-corrected chi connectivity index (χ3v) is 6.32. The van der Waals surface area contributed by atoms with E-state index in [0.29, 0.717) is 5.92 Å². The van der Waals surface area contributed by atoms with Crippen molar-refractivity contribution in [2.45, 2.75) is 63.8 Å². The average molecular weight is 312 g/mol. The van der Waals surface area contributed by atoms with Gasteiger partial charge in [0.15, 0.2) is 0 Å². The molecule has 4 bridgehead atoms. The first-order valence-electron chi connectivity index (χ1n) is 9.20. The fourth-order valence-corrected chi connectivity index (χ4v) is 5.54. The highest BCUT2D eigenvalue weighted by molar-refractivity contribution is 5.93. The summed E-state index contributed by atoms with van der Waals surface area (Å²) in [6.07, 6.45) is 7.99. The van der Waals surface area contributed by atoms with E-state index < -0.39 is 0 Å². The van der Waals surface area contributed by atoms with Crippen molar-refractivity contribution in [2.75, 3.05) is 0 Å². The van der Waals surface area contributed by atoms with Gasteiger partial charge in [-0.05, 0) is 79.9 Å². The second-order valence-corrected chi connectivity index (χ2v) is 8.55. The van der Waals surface area contributed by atoms with Gasteiger partial charge in [0.05, 0.1) is 0 Å². The largest absolute Gasteiger partial charge is 0.287 e. The highest BCUT2D eigenvalue weighted by atomic mass is 16.2. The zero-order chi connectivity index (χ0) is 16.0. The van der Waals surface area contributed by atoms with E-state index in [0.717, 1.165) is 23.3 Å². The third-order valence-electron chi connectivity index (χ3n) is 6.32. The summed E-state index contributed by atoms with van der Waals surface area (Å²) in [5, 5.41) is 0. The molecule has 1 amide bonds. The van der Waals surface area contributed by atoms with Gasteiger partial charge in [-0.3, -0.25) is 10.2 Å². The number of amides is 1. The van der Waals surface area contributed by atoms with Crippen molar-refractivity contribution >= 4 is 5.91 Å². The Balaban J connectivity index is 1.40. The Bertz CT molecular complexity index is 555. The van der Waals surface area contributed by atoms with E-state index in [1.54, 1.807) is 0 Å². The molecule has 0 aromatic heterocycles. The van der Waals surface area contributed by atoms with Crippen molar-refractivity contribution in [2.24, 2.45) is 17.8 Å². The zero-order valence-electron chi connectivity index (χ0n) is 14.3. The number of benzene rings is 1. The maximum Gasteiger partial charge on any atom is 0.265 e. The molecular formula is C20H28N2O. The van der Waals surface area contributed by atoms with Gasteiger partial charge in [0.1, 0.15) is 0 Å². The SMILES string of the molecule is CC(C)c1ccc(C(=O)NNC23CC4CC(CC(C4)C2)C3)cc1. The number of hydrogen-bond donors (Lipinski definition) is 2. The van der Waals surface area contributed by atoms with E-state index in [2.05, 4.69) is 36.8 Å². The van der Waals surface area contributed by atoms with Crippen molar-refractivity contribution in [1.82, 2.24) is 10.9 Å². The van der Waals surface area contributed by atoms with Crippen molar-refractivity contribution in [3.8, 4) is 0 Å². The molecule has 0 spiro atoms. The van der Waals surface area contributed by atoms with Crippen LogP contribution in [-0.2, 0) is 0 Å². The highest BCUT2D eigenvalue weighted by Gasteiger charge is 2.51. The second-order valence-electron chi connectivity index (χ2n) is 8.55. The second kappa shape index (κ2) is 5.62. The van der Waals surface area contributed by atoms with Crippen LogP contribution in [0.3, 0.4) is 0 Å². The molecular weight excluding hydrogens is 284 g/mol. The van der Waals surface area contributed by atoms with Gasteiger partial charge < -0.3 is 0 Å². The molecule has 2 N–H and O–H groups in total. The summed E-state index contributed by atoms with van der Waals surface area (Å²) < 4.78 is 0. The summed E-state index contributed by atoms with van der Waals surface area (Å²) in [6, 6.07) is 7.99. The van der Waals surface area contributed by atoms with Gasteiger partial charge in [-0.2, -0.15) is 0 Å². The van der Waals surface area contributed by atoms with Crippen LogP contribution in [0.4, 0.5) is 0 Å². The molecule has 4 aliphatic carbocycles. The third kappa shape index (κ3) is 2.91. The summed E-state index contributed by atoms with van der Waals surface area (Å²) in [5.41, 5.74) is 8.66. The van der Waals surface area contributed by atoms with Gasteiger partial charge in [-0.15, -0.1) is 0 Å². The first-order chi connectivity index (χ1) is 11.0. The molecule has 0 aliphatic heterocycles. The molecule has 124 valence electrons. The molecule has 23 heavy (non-hydrogen) atoms. The fourth-order valence-electron chi connectivity index (χ4n) is 5.54. The maximum atomic E-state index is 12.4. The number of rotatable bonds is 4. The maximum absolute atomic E-state index is 12.4. The number of carbonyl (C=O) groups is 1. The van der Waals surface area contributed by atoms with Crippen LogP contribution in [0.1, 0.15) is 74.2 Å². The zero-order valence-corrected chi connectivity index (χ0v) is 14.3. The van der Waals surface area contributed by atoms with Gasteiger partial charge in [-0.1, -0.05) is 26.0 Å². The molecule has 1 aromatic rings. The van der Waals surface area contributed by atoms with E-state index in [1.807, 2.05) is 12.1 Å². The number of hydrazine groups is 1. The standard InChI is InChI=1S/C20H28N2O/c1-13(2)17-3-5-18(6-4-17)19(23)21-22-20-10-14-7-15(11-20)9-16(8-14)12-20/h3-6,13-16,22H,7-12H2,1-2H3,(H,21,23). The van der Waals surface area contributed by atoms with E-state index in [1.165, 1.54) is 44.1 Å². The number of carbonyl (C=O) groups excluding carboxylic acids is 1. The number of hydrogen-bond acceptors (Lipinski definition) is 2. The van der Waals surface area contributed by atoms with Crippen LogP contribution in [0, 0.1) is 17.8 Å². The van der Waals surface area contributed by atoms with Gasteiger partial charge in [0.2, 0.25) is 0 Å². The Morgan fingerprint density at radius 3 is 2.00 bits per heavy atom. The molecule has 0 radical (unpaired) electrons. The van der Waals surface area contributed by atoms with E-state index in [4.69, 9.17) is 0 Å². The van der Waals surface area contributed by atoms with Crippen LogP contribution in [0.15, 0.2) is 24.3 Å². The lowest BCUT2D eigenvalue weighted by atomic mass is 9.53. The van der Waals surface area contributed by atoms with Gasteiger partial charge in [0.25, 0.3) is 5.91 Å². The predicted molar refractivity (Wildman–Crippen MR) is 92.0 cm³/mol. The van der Waals surface area contributed by atoms with Gasteiger partial charge >= 0.3 is 0 Å². The Kier molecular flexibility index (Phi) is 3.72. The van der Waals surface area contributed by atoms with Crippen LogP contribution in [0.2, 0.25) is 0 Å². The normalized spacial score (nSPS) is 34.8. The predicted octanol–water partition coefficient (Wildman–Crippen LogP) is 4.01. The van der Waals surface area contributed by atoms with Crippen LogP contribution in [0.25, 0.3) is 0 Å². The Hall–Kier alpha value is -1.35. The van der Waals surface area contributed by atoms with Crippen molar-refractivity contribution in [3.05, 3.63) is 35.4 Å². The van der Waals surface area contributed by atoms with Crippen molar-refractivity contribution < 1.29 is 4.79 Å². The van der Waals surface area contributed by atoms with Crippen LogP contribution >= 0.6 is 0 Å². The molecule has 0 heterocycles. The van der Waals surface area contributed by atoms with Crippen LogP contribution in [0.5, 0.6) is 0 Å². The minimum atomic E-state index is -0.00366. The Morgan fingerprint density at radius 1 is 1.00 bits per heavy atom. The van der Waals surface area contributed by atoms with E-state index in [-0.39, 0.29) is 11.4 Å². The van der Waals surface area contributed by atoms with Crippen LogP contribution in [-0.4, -0.2) is 11.4 Å².